The fraction of sp³-hybridized carbons (Fsp3) is 0.381. The zero-order valence-corrected chi connectivity index (χ0v) is 16.7. The van der Waals surface area contributed by atoms with E-state index in [1.54, 1.807) is 6.07 Å². The molecule has 0 aliphatic carbocycles. The van der Waals surface area contributed by atoms with Gasteiger partial charge in [0.05, 0.1) is 41.7 Å². The molecule has 7 nitrogen and oxygen atoms in total. The van der Waals surface area contributed by atoms with Crippen molar-refractivity contribution in [3.8, 4) is 11.8 Å². The number of nitriles is 1. The third-order valence-electron chi connectivity index (χ3n) is 5.09. The second-order valence-electron chi connectivity index (χ2n) is 7.24. The molecular weight excluding hydrogens is 392 g/mol. The van der Waals surface area contributed by atoms with Gasteiger partial charge in [0, 0.05) is 30.4 Å². The molecular formula is C21H21F2N5O2. The van der Waals surface area contributed by atoms with E-state index >= 15 is 0 Å². The van der Waals surface area contributed by atoms with Crippen molar-refractivity contribution in [1.82, 2.24) is 14.8 Å². The molecule has 156 valence electrons. The van der Waals surface area contributed by atoms with Crippen molar-refractivity contribution in [2.24, 2.45) is 0 Å². The monoisotopic (exact) mass is 413 g/mol. The molecule has 4 rings (SSSR count). The molecule has 3 aromatic rings. The van der Waals surface area contributed by atoms with Gasteiger partial charge in [-0.25, -0.2) is 0 Å². The fourth-order valence-corrected chi connectivity index (χ4v) is 3.84. The van der Waals surface area contributed by atoms with E-state index in [-0.39, 0.29) is 11.9 Å². The highest BCUT2D eigenvalue weighted by Gasteiger charge is 2.25. The van der Waals surface area contributed by atoms with Crippen LogP contribution < -0.4 is 9.64 Å². The van der Waals surface area contributed by atoms with E-state index in [1.165, 1.54) is 18.3 Å². The van der Waals surface area contributed by atoms with Crippen molar-refractivity contribution in [2.45, 2.75) is 33.1 Å². The predicted molar refractivity (Wildman–Crippen MR) is 107 cm³/mol. The Morgan fingerprint density at radius 3 is 2.87 bits per heavy atom. The highest BCUT2D eigenvalue weighted by Crippen LogP contribution is 2.33. The van der Waals surface area contributed by atoms with E-state index in [9.17, 15) is 14.0 Å². The smallest absolute Gasteiger partial charge is 0.387 e. The molecule has 1 aliphatic heterocycles. The summed E-state index contributed by atoms with van der Waals surface area (Å²) in [6, 6.07) is 8.75. The molecule has 9 heteroatoms. The minimum Gasteiger partial charge on any atom is -0.435 e. The van der Waals surface area contributed by atoms with E-state index in [2.05, 4.69) is 25.8 Å². The average Bonchev–Trinajstić information content (AvgIpc) is 3.03. The van der Waals surface area contributed by atoms with E-state index in [0.29, 0.717) is 48.4 Å². The standard InChI is InChI=1S/C21H21F2N5O2/c1-13-7-14(2)28(26-13)12-17-11-27(5-6-29-17)20-15(9-24)10-25-19-4-3-16(8-18(19)20)30-21(22)23/h3-4,7-8,10,17,21H,5-6,11-12H2,1-2H3. The first-order valence-corrected chi connectivity index (χ1v) is 9.60. The van der Waals surface area contributed by atoms with Crippen LogP contribution in [0.4, 0.5) is 14.5 Å². The quantitative estimate of drug-likeness (QED) is 0.638. The van der Waals surface area contributed by atoms with Gasteiger partial charge in [-0.3, -0.25) is 9.67 Å². The summed E-state index contributed by atoms with van der Waals surface area (Å²) >= 11 is 0. The first-order chi connectivity index (χ1) is 14.4. The Labute approximate surface area is 172 Å². The van der Waals surface area contributed by atoms with Gasteiger partial charge in [0.1, 0.15) is 11.8 Å². The normalized spacial score (nSPS) is 16.8. The molecule has 0 saturated carbocycles. The molecule has 0 amide bonds. The number of halogens is 2. The van der Waals surface area contributed by atoms with Crippen molar-refractivity contribution in [3.63, 3.8) is 0 Å². The summed E-state index contributed by atoms with van der Waals surface area (Å²) in [5, 5.41) is 14.7. The van der Waals surface area contributed by atoms with Crippen LogP contribution in [0.5, 0.6) is 5.75 Å². The average molecular weight is 413 g/mol. The Hall–Kier alpha value is -3.25. The summed E-state index contributed by atoms with van der Waals surface area (Å²) in [5.74, 6) is 0.0306. The van der Waals surface area contributed by atoms with Crippen LogP contribution >= 0.6 is 0 Å². The van der Waals surface area contributed by atoms with Crippen LogP contribution in [0.1, 0.15) is 17.0 Å². The maximum absolute atomic E-state index is 12.7. The second kappa shape index (κ2) is 8.24. The zero-order chi connectivity index (χ0) is 21.3. The number of fused-ring (bicyclic) bond motifs is 1. The van der Waals surface area contributed by atoms with Gasteiger partial charge in [0.2, 0.25) is 0 Å². The van der Waals surface area contributed by atoms with Gasteiger partial charge in [-0.15, -0.1) is 0 Å². The summed E-state index contributed by atoms with van der Waals surface area (Å²) in [6.07, 6.45) is 1.38. The molecule has 3 heterocycles. The maximum atomic E-state index is 12.7. The summed E-state index contributed by atoms with van der Waals surface area (Å²) in [7, 11) is 0. The number of aromatic nitrogens is 3. The van der Waals surface area contributed by atoms with E-state index in [1.807, 2.05) is 24.6 Å². The largest absolute Gasteiger partial charge is 0.435 e. The van der Waals surface area contributed by atoms with Gasteiger partial charge in [-0.1, -0.05) is 0 Å². The molecule has 1 atom stereocenters. The maximum Gasteiger partial charge on any atom is 0.387 e. The van der Waals surface area contributed by atoms with Crippen molar-refractivity contribution in [1.29, 1.82) is 5.26 Å². The molecule has 0 radical (unpaired) electrons. The summed E-state index contributed by atoms with van der Waals surface area (Å²) < 4.78 is 37.8. The number of benzene rings is 1. The van der Waals surface area contributed by atoms with Crippen LogP contribution in [0.15, 0.2) is 30.5 Å². The minimum atomic E-state index is -2.92. The number of morpholine rings is 1. The first kappa shape index (κ1) is 20.0. The first-order valence-electron chi connectivity index (χ1n) is 9.60. The van der Waals surface area contributed by atoms with E-state index in [4.69, 9.17) is 4.74 Å². The molecule has 0 spiro atoms. The second-order valence-corrected chi connectivity index (χ2v) is 7.24. The number of ether oxygens (including phenoxy) is 2. The molecule has 1 fully saturated rings. The van der Waals surface area contributed by atoms with Gasteiger partial charge in [0.25, 0.3) is 0 Å². The highest BCUT2D eigenvalue weighted by atomic mass is 19.3. The lowest BCUT2D eigenvalue weighted by atomic mass is 10.1. The van der Waals surface area contributed by atoms with Crippen LogP contribution in [-0.4, -0.2) is 47.2 Å². The molecule has 1 aliphatic rings. The van der Waals surface area contributed by atoms with Gasteiger partial charge in [0.15, 0.2) is 0 Å². The van der Waals surface area contributed by atoms with Gasteiger partial charge < -0.3 is 14.4 Å². The van der Waals surface area contributed by atoms with Gasteiger partial charge >= 0.3 is 6.61 Å². The molecule has 0 bridgehead atoms. The van der Waals surface area contributed by atoms with Gasteiger partial charge in [-0.05, 0) is 38.1 Å². The number of nitrogens with zero attached hydrogens (tertiary/aromatic N) is 5. The third-order valence-corrected chi connectivity index (χ3v) is 5.09. The Morgan fingerprint density at radius 1 is 1.33 bits per heavy atom. The van der Waals surface area contributed by atoms with Crippen molar-refractivity contribution in [2.75, 3.05) is 24.6 Å². The van der Waals surface area contributed by atoms with Gasteiger partial charge in [-0.2, -0.15) is 19.1 Å². The zero-order valence-electron chi connectivity index (χ0n) is 16.7. The number of anilines is 1. The van der Waals surface area contributed by atoms with E-state index in [0.717, 1.165) is 11.4 Å². The molecule has 1 saturated heterocycles. The Balaban J connectivity index is 1.68. The number of hydrogen-bond donors (Lipinski definition) is 0. The van der Waals surface area contributed by atoms with E-state index < -0.39 is 6.61 Å². The predicted octanol–water partition coefficient (Wildman–Crippen LogP) is 3.43. The van der Waals surface area contributed by atoms with Crippen LogP contribution in [0, 0.1) is 25.2 Å². The Bertz CT molecular complexity index is 1110. The van der Waals surface area contributed by atoms with Crippen molar-refractivity contribution in [3.05, 3.63) is 47.4 Å². The van der Waals surface area contributed by atoms with Crippen LogP contribution in [0.2, 0.25) is 0 Å². The van der Waals surface area contributed by atoms with Crippen LogP contribution in [-0.2, 0) is 11.3 Å². The Morgan fingerprint density at radius 2 is 2.17 bits per heavy atom. The summed E-state index contributed by atoms with van der Waals surface area (Å²) in [5.41, 5.74) is 3.63. The SMILES string of the molecule is Cc1cc(C)n(CC2CN(c3c(C#N)cnc4ccc(OC(F)F)cc34)CCO2)n1. The molecule has 1 aromatic carbocycles. The summed E-state index contributed by atoms with van der Waals surface area (Å²) in [6.45, 7) is 3.18. The van der Waals surface area contributed by atoms with Crippen LogP contribution in [0.25, 0.3) is 10.9 Å². The van der Waals surface area contributed by atoms with Crippen molar-refractivity contribution < 1.29 is 18.3 Å². The number of hydrogen-bond acceptors (Lipinski definition) is 6. The number of alkyl halides is 2. The minimum absolute atomic E-state index is 0.0306. The summed E-state index contributed by atoms with van der Waals surface area (Å²) in [4.78, 5) is 6.34. The van der Waals surface area contributed by atoms with Crippen molar-refractivity contribution >= 4 is 16.6 Å². The Kier molecular flexibility index (Phi) is 5.50. The molecule has 0 N–H and O–H groups in total. The fourth-order valence-electron chi connectivity index (χ4n) is 3.84. The third kappa shape index (κ3) is 4.04. The lowest BCUT2D eigenvalue weighted by Crippen LogP contribution is -2.45. The molecule has 2 aromatic heterocycles. The number of rotatable bonds is 5. The number of aryl methyl sites for hydroxylation is 2. The lowest BCUT2D eigenvalue weighted by Gasteiger charge is -2.35. The molecule has 1 unspecified atom stereocenters. The molecule has 30 heavy (non-hydrogen) atoms. The topological polar surface area (TPSA) is 76.2 Å². The number of pyridine rings is 1. The highest BCUT2D eigenvalue weighted by molar-refractivity contribution is 5.95. The lowest BCUT2D eigenvalue weighted by molar-refractivity contribution is -0.0497. The van der Waals surface area contributed by atoms with Crippen LogP contribution in [0.3, 0.4) is 0 Å².